The summed E-state index contributed by atoms with van der Waals surface area (Å²) in [7, 11) is 0. The van der Waals surface area contributed by atoms with Gasteiger partial charge in [-0.3, -0.25) is 24.0 Å². The monoisotopic (exact) mass is 679 g/mol. The van der Waals surface area contributed by atoms with Gasteiger partial charge in [0.25, 0.3) is 5.56 Å². The molecule has 1 aliphatic heterocycles. The Labute approximate surface area is 236 Å². The van der Waals surface area contributed by atoms with E-state index in [0.29, 0.717) is 14.5 Å². The molecular weight excluding hydrogens is 658 g/mol. The van der Waals surface area contributed by atoms with E-state index in [1.807, 2.05) is 0 Å². The molecule has 1 fully saturated rings. The molecule has 0 amide bonds. The van der Waals surface area contributed by atoms with Gasteiger partial charge in [-0.25, -0.2) is 9.66 Å². The lowest BCUT2D eigenvalue weighted by molar-refractivity contribution is -0.237. The Kier molecular flexibility index (Phi) is 9.78. The fourth-order valence-electron chi connectivity index (χ4n) is 3.68. The van der Waals surface area contributed by atoms with E-state index in [9.17, 15) is 24.0 Å². The van der Waals surface area contributed by atoms with E-state index in [4.69, 9.17) is 29.5 Å². The Bertz CT molecular complexity index is 1340. The van der Waals surface area contributed by atoms with Gasteiger partial charge in [0, 0.05) is 36.6 Å². The van der Waals surface area contributed by atoms with Crippen LogP contribution in [-0.2, 0) is 42.9 Å². The van der Waals surface area contributed by atoms with Gasteiger partial charge in [0.15, 0.2) is 28.9 Å². The Morgan fingerprint density at radius 1 is 0.974 bits per heavy atom. The van der Waals surface area contributed by atoms with Gasteiger partial charge < -0.3 is 29.5 Å². The number of hydrogen-bond donors (Lipinski definition) is 1. The fraction of sp³-hybridized carbons (Fsp3) is 0.455. The van der Waals surface area contributed by atoms with Crippen LogP contribution in [0.15, 0.2) is 31.0 Å². The van der Waals surface area contributed by atoms with Crippen molar-refractivity contribution in [3.8, 4) is 0 Å². The Morgan fingerprint density at radius 2 is 1.55 bits per heavy atom. The van der Waals surface area contributed by atoms with Crippen molar-refractivity contribution >= 4 is 78.4 Å². The number of esters is 4. The molecule has 0 saturated carbocycles. The highest BCUT2D eigenvalue weighted by molar-refractivity contribution is 9.11. The highest BCUT2D eigenvalue weighted by Gasteiger charge is 2.52. The predicted octanol–water partition coefficient (Wildman–Crippen LogP) is 1.81. The highest BCUT2D eigenvalue weighted by Crippen LogP contribution is 2.37. The SMILES string of the molecule is CC(=O)OC[C@H]1O[C@@H](Sc2nc3c(Br)cc(Br)cc3c(=O)n2N)[C@H](OC(C)=O)[C@@H](OC(C)=O)[C@@H]1OC(C)=O. The van der Waals surface area contributed by atoms with E-state index in [1.54, 1.807) is 12.1 Å². The van der Waals surface area contributed by atoms with Crippen LogP contribution in [-0.4, -0.2) is 70.0 Å². The largest absolute Gasteiger partial charge is 0.463 e. The molecule has 16 heteroatoms. The lowest BCUT2D eigenvalue weighted by Crippen LogP contribution is -2.61. The van der Waals surface area contributed by atoms with Crippen molar-refractivity contribution in [2.75, 3.05) is 12.4 Å². The molecule has 2 aromatic rings. The van der Waals surface area contributed by atoms with Gasteiger partial charge in [-0.15, -0.1) is 0 Å². The van der Waals surface area contributed by atoms with Gasteiger partial charge in [-0.1, -0.05) is 27.7 Å². The number of aromatic nitrogens is 2. The fourth-order valence-corrected chi connectivity index (χ4v) is 6.08. The third-order valence-corrected chi connectivity index (χ3v) is 7.23. The van der Waals surface area contributed by atoms with Gasteiger partial charge in [-0.2, -0.15) is 0 Å². The molecule has 1 aliphatic rings. The number of hydrogen-bond acceptors (Lipinski definition) is 13. The molecule has 1 saturated heterocycles. The summed E-state index contributed by atoms with van der Waals surface area (Å²) in [5, 5.41) is 0.186. The molecule has 3 rings (SSSR count). The van der Waals surface area contributed by atoms with Crippen molar-refractivity contribution in [1.82, 2.24) is 9.66 Å². The molecule has 0 bridgehead atoms. The molecule has 38 heavy (non-hydrogen) atoms. The van der Waals surface area contributed by atoms with E-state index < -0.39 is 65.9 Å². The first kappa shape index (κ1) is 29.9. The summed E-state index contributed by atoms with van der Waals surface area (Å²) >= 11 is 7.49. The second-order valence-corrected chi connectivity index (χ2v) is 10.9. The molecular formula is C22H23Br2N3O10S. The van der Waals surface area contributed by atoms with Gasteiger partial charge in [0.05, 0.1) is 10.9 Å². The van der Waals surface area contributed by atoms with E-state index in [2.05, 4.69) is 36.8 Å². The number of nitrogens with zero attached hydrogens (tertiary/aromatic N) is 2. The number of fused-ring (bicyclic) bond motifs is 1. The maximum atomic E-state index is 13.0. The van der Waals surface area contributed by atoms with Crippen LogP contribution in [0.4, 0.5) is 0 Å². The Hall–Kier alpha value is -2.69. The van der Waals surface area contributed by atoms with Crippen molar-refractivity contribution in [2.24, 2.45) is 0 Å². The maximum absolute atomic E-state index is 13.0. The van der Waals surface area contributed by atoms with Crippen LogP contribution in [0, 0.1) is 0 Å². The van der Waals surface area contributed by atoms with Gasteiger partial charge >= 0.3 is 23.9 Å². The summed E-state index contributed by atoms with van der Waals surface area (Å²) in [6, 6.07) is 3.25. The van der Waals surface area contributed by atoms with Crippen molar-refractivity contribution in [2.45, 2.75) is 62.7 Å². The summed E-state index contributed by atoms with van der Waals surface area (Å²) in [4.78, 5) is 64.9. The molecule has 2 N–H and O–H groups in total. The smallest absolute Gasteiger partial charge is 0.303 e. The van der Waals surface area contributed by atoms with Gasteiger partial charge in [0.2, 0.25) is 0 Å². The standard InChI is InChI=1S/C22H23Br2N3O10S/c1-8(28)33-7-15-17(34-9(2)29)18(35-10(3)30)19(36-11(4)31)21(37-15)38-22-26-16-13(20(32)27(22)25)5-12(23)6-14(16)24/h5-6,15,17-19,21H,7,25H2,1-4H3/t15-,17-,18+,19-,21+/m1/s1. The minimum Gasteiger partial charge on any atom is -0.463 e. The first-order chi connectivity index (χ1) is 17.8. The summed E-state index contributed by atoms with van der Waals surface area (Å²) in [6.45, 7) is 4.14. The summed E-state index contributed by atoms with van der Waals surface area (Å²) in [6.07, 6.45) is -5.18. The second kappa shape index (κ2) is 12.4. The Morgan fingerprint density at radius 3 is 2.13 bits per heavy atom. The number of nitrogen functional groups attached to an aromatic ring is 1. The number of carbonyl (C=O) groups is 4. The summed E-state index contributed by atoms with van der Waals surface area (Å²) < 4.78 is 29.2. The molecule has 0 radical (unpaired) electrons. The van der Waals surface area contributed by atoms with Gasteiger partial charge in [0.1, 0.15) is 12.7 Å². The van der Waals surface area contributed by atoms with Gasteiger partial charge in [-0.05, 0) is 28.1 Å². The molecule has 0 unspecified atom stereocenters. The minimum atomic E-state index is -1.37. The Balaban J connectivity index is 2.12. The third-order valence-electron chi connectivity index (χ3n) is 5.06. The summed E-state index contributed by atoms with van der Waals surface area (Å²) in [5.74, 6) is 3.13. The summed E-state index contributed by atoms with van der Waals surface area (Å²) in [5.41, 5.74) is -1.48. The van der Waals surface area contributed by atoms with E-state index in [1.165, 1.54) is 6.92 Å². The molecule has 206 valence electrons. The topological polar surface area (TPSA) is 175 Å². The number of nitrogens with two attached hydrogens (primary N) is 1. The zero-order valence-corrected chi connectivity index (χ0v) is 24.5. The van der Waals surface area contributed by atoms with Crippen molar-refractivity contribution in [1.29, 1.82) is 0 Å². The number of benzene rings is 1. The van der Waals surface area contributed by atoms with E-state index in [0.717, 1.165) is 37.2 Å². The molecule has 5 atom stereocenters. The first-order valence-electron chi connectivity index (χ1n) is 10.9. The van der Waals surface area contributed by atoms with Crippen LogP contribution < -0.4 is 11.4 Å². The first-order valence-corrected chi connectivity index (χ1v) is 13.4. The lowest BCUT2D eigenvalue weighted by atomic mass is 9.99. The van der Waals surface area contributed by atoms with Crippen LogP contribution in [0.5, 0.6) is 0 Å². The van der Waals surface area contributed by atoms with Crippen LogP contribution in [0.2, 0.25) is 0 Å². The zero-order chi connectivity index (χ0) is 28.3. The van der Waals surface area contributed by atoms with Crippen LogP contribution in [0.25, 0.3) is 10.9 Å². The molecule has 0 aliphatic carbocycles. The van der Waals surface area contributed by atoms with Crippen molar-refractivity contribution in [3.63, 3.8) is 0 Å². The third kappa shape index (κ3) is 7.03. The second-order valence-electron chi connectivity index (χ2n) is 8.04. The number of ether oxygens (including phenoxy) is 5. The minimum absolute atomic E-state index is 0.0357. The highest BCUT2D eigenvalue weighted by atomic mass is 79.9. The molecule has 1 aromatic heterocycles. The average molecular weight is 681 g/mol. The molecule has 2 heterocycles. The molecule has 1 aromatic carbocycles. The molecule has 13 nitrogen and oxygen atoms in total. The number of rotatable bonds is 7. The number of thioether (sulfide) groups is 1. The quantitative estimate of drug-likeness (QED) is 0.194. The number of halogens is 2. The number of carbonyl (C=O) groups excluding carboxylic acids is 4. The maximum Gasteiger partial charge on any atom is 0.303 e. The normalized spacial score (nSPS) is 22.9. The van der Waals surface area contributed by atoms with E-state index in [-0.39, 0.29) is 10.5 Å². The lowest BCUT2D eigenvalue weighted by Gasteiger charge is -2.44. The van der Waals surface area contributed by atoms with E-state index >= 15 is 0 Å². The zero-order valence-electron chi connectivity index (χ0n) is 20.5. The van der Waals surface area contributed by atoms with Crippen molar-refractivity contribution in [3.05, 3.63) is 31.4 Å². The molecule has 0 spiro atoms. The predicted molar refractivity (Wildman–Crippen MR) is 139 cm³/mol. The van der Waals surface area contributed by atoms with Crippen LogP contribution in [0.3, 0.4) is 0 Å². The van der Waals surface area contributed by atoms with Crippen molar-refractivity contribution < 1.29 is 42.9 Å². The average Bonchev–Trinajstić information content (AvgIpc) is 2.79. The van der Waals surface area contributed by atoms with Crippen LogP contribution in [0.1, 0.15) is 27.7 Å². The van der Waals surface area contributed by atoms with Crippen LogP contribution >= 0.6 is 43.6 Å².